The van der Waals surface area contributed by atoms with Crippen LogP contribution in [0.1, 0.15) is 29.8 Å². The number of nitrogens with zero attached hydrogens (tertiary/aromatic N) is 2. The van der Waals surface area contributed by atoms with Crippen LogP contribution in [0.25, 0.3) is 0 Å². The molecule has 1 aliphatic heterocycles. The van der Waals surface area contributed by atoms with Crippen LogP contribution in [0.2, 0.25) is 0 Å². The lowest BCUT2D eigenvalue weighted by atomic mass is 10.1. The summed E-state index contributed by atoms with van der Waals surface area (Å²) in [5.41, 5.74) is 1.48. The van der Waals surface area contributed by atoms with E-state index in [1.54, 1.807) is 9.80 Å². The van der Waals surface area contributed by atoms with Crippen LogP contribution in [-0.2, 0) is 11.3 Å². The standard InChI is InChI=1S/C24H30FN3O3/c1-18(2)15-28(23(29)20-8-10-21(25)11-9-20)17-22-16-27(12-13-31-22)24(30)26-14-19-6-4-3-5-7-19/h3-11,18,22H,12-17H2,1-2H3,(H,26,30). The van der Waals surface area contributed by atoms with Crippen molar-refractivity contribution in [3.05, 3.63) is 71.5 Å². The summed E-state index contributed by atoms with van der Waals surface area (Å²) in [4.78, 5) is 29.1. The van der Waals surface area contributed by atoms with Crippen molar-refractivity contribution >= 4 is 11.9 Å². The fourth-order valence-corrected chi connectivity index (χ4v) is 3.60. The Hall–Kier alpha value is -2.93. The topological polar surface area (TPSA) is 61.9 Å². The molecular formula is C24H30FN3O3. The molecule has 0 spiro atoms. The van der Waals surface area contributed by atoms with E-state index in [2.05, 4.69) is 5.32 Å². The van der Waals surface area contributed by atoms with Crippen molar-refractivity contribution in [3.63, 3.8) is 0 Å². The number of nitrogens with one attached hydrogen (secondary N) is 1. The van der Waals surface area contributed by atoms with Crippen molar-refractivity contribution < 1.29 is 18.7 Å². The number of rotatable bonds is 7. The molecule has 1 atom stereocenters. The molecule has 3 amide bonds. The van der Waals surface area contributed by atoms with Crippen molar-refractivity contribution in [1.82, 2.24) is 15.1 Å². The lowest BCUT2D eigenvalue weighted by molar-refractivity contribution is -0.0287. The number of ether oxygens (including phenoxy) is 1. The summed E-state index contributed by atoms with van der Waals surface area (Å²) in [6, 6.07) is 15.2. The molecule has 31 heavy (non-hydrogen) atoms. The molecule has 7 heteroatoms. The van der Waals surface area contributed by atoms with E-state index in [0.29, 0.717) is 44.9 Å². The summed E-state index contributed by atoms with van der Waals surface area (Å²) in [5, 5.41) is 2.94. The zero-order valence-electron chi connectivity index (χ0n) is 18.1. The third-order valence-electron chi connectivity index (χ3n) is 5.10. The maximum atomic E-state index is 13.2. The van der Waals surface area contributed by atoms with E-state index in [9.17, 15) is 14.0 Å². The summed E-state index contributed by atoms with van der Waals surface area (Å²) in [7, 11) is 0. The molecule has 1 saturated heterocycles. The number of morpholine rings is 1. The van der Waals surface area contributed by atoms with Gasteiger partial charge in [0.2, 0.25) is 0 Å². The molecule has 1 N–H and O–H groups in total. The maximum absolute atomic E-state index is 13.2. The van der Waals surface area contributed by atoms with E-state index in [0.717, 1.165) is 5.56 Å². The summed E-state index contributed by atoms with van der Waals surface area (Å²) < 4.78 is 19.1. The van der Waals surface area contributed by atoms with Gasteiger partial charge >= 0.3 is 6.03 Å². The van der Waals surface area contributed by atoms with Gasteiger partial charge in [0.05, 0.1) is 19.3 Å². The molecule has 1 aliphatic rings. The van der Waals surface area contributed by atoms with Gasteiger partial charge in [0, 0.05) is 31.7 Å². The van der Waals surface area contributed by atoms with Gasteiger partial charge in [0.15, 0.2) is 0 Å². The van der Waals surface area contributed by atoms with Crippen molar-refractivity contribution in [2.24, 2.45) is 5.92 Å². The maximum Gasteiger partial charge on any atom is 0.317 e. The number of benzene rings is 2. The van der Waals surface area contributed by atoms with Gasteiger partial charge in [-0.05, 0) is 35.7 Å². The van der Waals surface area contributed by atoms with Crippen LogP contribution >= 0.6 is 0 Å². The van der Waals surface area contributed by atoms with Crippen molar-refractivity contribution in [1.29, 1.82) is 0 Å². The molecule has 2 aromatic rings. The lowest BCUT2D eigenvalue weighted by Gasteiger charge is -2.36. The lowest BCUT2D eigenvalue weighted by Crippen LogP contribution is -2.53. The van der Waals surface area contributed by atoms with E-state index < -0.39 is 0 Å². The van der Waals surface area contributed by atoms with Crippen LogP contribution < -0.4 is 5.32 Å². The Morgan fingerprint density at radius 2 is 1.87 bits per heavy atom. The number of amides is 3. The molecular weight excluding hydrogens is 397 g/mol. The van der Waals surface area contributed by atoms with E-state index in [1.165, 1.54) is 24.3 Å². The summed E-state index contributed by atoms with van der Waals surface area (Å²) in [6.45, 7) is 6.80. The van der Waals surface area contributed by atoms with E-state index in [4.69, 9.17) is 4.74 Å². The van der Waals surface area contributed by atoms with Gasteiger partial charge in [-0.3, -0.25) is 4.79 Å². The summed E-state index contributed by atoms with van der Waals surface area (Å²) >= 11 is 0. The number of carbonyl (C=O) groups is 2. The Morgan fingerprint density at radius 1 is 1.16 bits per heavy atom. The highest BCUT2D eigenvalue weighted by Gasteiger charge is 2.28. The van der Waals surface area contributed by atoms with Gasteiger partial charge in [-0.15, -0.1) is 0 Å². The first-order valence-electron chi connectivity index (χ1n) is 10.7. The minimum atomic E-state index is -0.375. The highest BCUT2D eigenvalue weighted by atomic mass is 19.1. The molecule has 1 heterocycles. The number of halogens is 1. The Morgan fingerprint density at radius 3 is 2.55 bits per heavy atom. The number of carbonyl (C=O) groups excluding carboxylic acids is 2. The van der Waals surface area contributed by atoms with Gasteiger partial charge in [-0.1, -0.05) is 44.2 Å². The molecule has 0 aromatic heterocycles. The summed E-state index contributed by atoms with van der Waals surface area (Å²) in [6.07, 6.45) is -0.278. The molecule has 0 radical (unpaired) electrons. The third-order valence-corrected chi connectivity index (χ3v) is 5.10. The molecule has 0 aliphatic carbocycles. The molecule has 166 valence electrons. The SMILES string of the molecule is CC(C)CN(CC1CN(C(=O)NCc2ccccc2)CCO1)C(=O)c1ccc(F)cc1. The Balaban J connectivity index is 1.59. The molecule has 2 aromatic carbocycles. The Labute approximate surface area is 183 Å². The zero-order valence-corrected chi connectivity index (χ0v) is 18.1. The second kappa shape index (κ2) is 10.9. The van der Waals surface area contributed by atoms with E-state index >= 15 is 0 Å². The zero-order chi connectivity index (χ0) is 22.2. The normalized spacial score (nSPS) is 16.3. The Bertz CT molecular complexity index is 858. The average molecular weight is 428 g/mol. The second-order valence-electron chi connectivity index (χ2n) is 8.19. The molecule has 0 bridgehead atoms. The van der Waals surface area contributed by atoms with Crippen LogP contribution in [0.5, 0.6) is 0 Å². The van der Waals surface area contributed by atoms with Gasteiger partial charge in [0.1, 0.15) is 5.82 Å². The molecule has 1 unspecified atom stereocenters. The number of hydrogen-bond donors (Lipinski definition) is 1. The highest BCUT2D eigenvalue weighted by Crippen LogP contribution is 2.14. The average Bonchev–Trinajstić information content (AvgIpc) is 2.77. The monoisotopic (exact) mass is 427 g/mol. The van der Waals surface area contributed by atoms with Gasteiger partial charge in [-0.2, -0.15) is 0 Å². The van der Waals surface area contributed by atoms with Crippen molar-refractivity contribution in [3.8, 4) is 0 Å². The third kappa shape index (κ3) is 6.79. The van der Waals surface area contributed by atoms with Crippen LogP contribution in [0.3, 0.4) is 0 Å². The fraction of sp³-hybridized carbons (Fsp3) is 0.417. The molecule has 3 rings (SSSR count). The van der Waals surface area contributed by atoms with Crippen LogP contribution in [0, 0.1) is 11.7 Å². The first kappa shape index (κ1) is 22.7. The largest absolute Gasteiger partial charge is 0.373 e. The van der Waals surface area contributed by atoms with Crippen molar-refractivity contribution in [2.75, 3.05) is 32.8 Å². The molecule has 1 fully saturated rings. The van der Waals surface area contributed by atoms with Crippen LogP contribution in [0.4, 0.5) is 9.18 Å². The minimum Gasteiger partial charge on any atom is -0.373 e. The second-order valence-corrected chi connectivity index (χ2v) is 8.19. The number of hydrogen-bond acceptors (Lipinski definition) is 3. The molecule has 0 saturated carbocycles. The first-order valence-corrected chi connectivity index (χ1v) is 10.7. The van der Waals surface area contributed by atoms with Crippen LogP contribution in [0.15, 0.2) is 54.6 Å². The van der Waals surface area contributed by atoms with Crippen molar-refractivity contribution in [2.45, 2.75) is 26.5 Å². The quantitative estimate of drug-likeness (QED) is 0.735. The van der Waals surface area contributed by atoms with Crippen LogP contribution in [-0.4, -0.2) is 60.6 Å². The first-order chi connectivity index (χ1) is 14.9. The van der Waals surface area contributed by atoms with Gasteiger partial charge < -0.3 is 19.9 Å². The smallest absolute Gasteiger partial charge is 0.317 e. The fourth-order valence-electron chi connectivity index (χ4n) is 3.60. The van der Waals surface area contributed by atoms with Gasteiger partial charge in [0.25, 0.3) is 5.91 Å². The van der Waals surface area contributed by atoms with Gasteiger partial charge in [-0.25, -0.2) is 9.18 Å². The van der Waals surface area contributed by atoms with E-state index in [-0.39, 0.29) is 29.8 Å². The summed E-state index contributed by atoms with van der Waals surface area (Å²) in [5.74, 6) is -0.277. The Kier molecular flexibility index (Phi) is 8.00. The van der Waals surface area contributed by atoms with E-state index in [1.807, 2.05) is 44.2 Å². The molecule has 6 nitrogen and oxygen atoms in total. The minimum absolute atomic E-state index is 0.141. The highest BCUT2D eigenvalue weighted by molar-refractivity contribution is 5.94. The number of urea groups is 1. The predicted octanol–water partition coefficient (Wildman–Crippen LogP) is 3.53. The predicted molar refractivity (Wildman–Crippen MR) is 117 cm³/mol.